The second-order valence-corrected chi connectivity index (χ2v) is 11.0. The molecule has 0 radical (unpaired) electrons. The lowest BCUT2D eigenvalue weighted by atomic mass is 9.95. The zero-order chi connectivity index (χ0) is 24.4. The minimum absolute atomic E-state index is 0.187. The molecule has 3 N–H and O–H groups in total. The molecule has 0 spiro atoms. The fraction of sp³-hybridized carbons (Fsp3) is 0.391. The highest BCUT2D eigenvalue weighted by molar-refractivity contribution is 7.92. The quantitative estimate of drug-likeness (QED) is 0.396. The number of nitrogens with one attached hydrogen (secondary N) is 1. The highest BCUT2D eigenvalue weighted by Gasteiger charge is 2.47. The predicted octanol–water partition coefficient (Wildman–Crippen LogP) is 2.61. The minimum Gasteiger partial charge on any atom is -0.393 e. The maximum absolute atomic E-state index is 14.6. The monoisotopic (exact) mass is 478 g/mol. The van der Waals surface area contributed by atoms with Gasteiger partial charge in [-0.2, -0.15) is 0 Å². The van der Waals surface area contributed by atoms with Gasteiger partial charge < -0.3 is 9.94 Å². The minimum atomic E-state index is -3.85. The molecule has 1 heterocycles. The van der Waals surface area contributed by atoms with Crippen LogP contribution in [-0.2, 0) is 25.9 Å². The molecule has 0 saturated carbocycles. The topological polar surface area (TPSA) is 125 Å². The first kappa shape index (κ1) is 24.8. The molecule has 33 heavy (non-hydrogen) atoms. The van der Waals surface area contributed by atoms with Crippen molar-refractivity contribution in [3.05, 3.63) is 59.4 Å². The molecular formula is C23H27FN2O6S. The Kier molecular flexibility index (Phi) is 7.20. The van der Waals surface area contributed by atoms with Crippen molar-refractivity contribution >= 4 is 21.5 Å². The molecule has 2 aromatic rings. The normalized spacial score (nSPS) is 18.7. The van der Waals surface area contributed by atoms with Crippen molar-refractivity contribution in [3.63, 3.8) is 0 Å². The Morgan fingerprint density at radius 3 is 2.45 bits per heavy atom. The maximum Gasteiger partial charge on any atom is 0.264 e. The van der Waals surface area contributed by atoms with E-state index in [0.29, 0.717) is 28.8 Å². The number of hydrogen-bond acceptors (Lipinski definition) is 7. The summed E-state index contributed by atoms with van der Waals surface area (Å²) in [5.41, 5.74) is 4.51. The third-order valence-corrected chi connectivity index (χ3v) is 7.83. The third kappa shape index (κ3) is 5.40. The van der Waals surface area contributed by atoms with Gasteiger partial charge in [0.1, 0.15) is 11.9 Å². The summed E-state index contributed by atoms with van der Waals surface area (Å²) >= 11 is 0. The van der Waals surface area contributed by atoms with Crippen molar-refractivity contribution in [3.8, 4) is 11.1 Å². The van der Waals surface area contributed by atoms with E-state index in [1.54, 1.807) is 43.3 Å². The Hall–Kier alpha value is -2.82. The van der Waals surface area contributed by atoms with Crippen LogP contribution >= 0.6 is 0 Å². The van der Waals surface area contributed by atoms with Crippen LogP contribution in [0.2, 0.25) is 0 Å². The lowest BCUT2D eigenvalue weighted by molar-refractivity contribution is -0.132. The standard InChI is InChI=1S/C23H27FN2O6S/c1-14(27)10-15-4-9-19(20(24)11-15)16-5-7-17(8-6-16)21-12-18(32-26-21)13-23(2,22(28)25-29)33(3,30)31/h4-9,11,14,18,27,29H,10,12-13H2,1-3H3,(H,25,28). The second-order valence-electron chi connectivity index (χ2n) is 8.56. The Morgan fingerprint density at radius 1 is 1.27 bits per heavy atom. The van der Waals surface area contributed by atoms with Gasteiger partial charge in [0.25, 0.3) is 5.91 Å². The number of nitrogens with zero attached hydrogens (tertiary/aromatic N) is 1. The van der Waals surface area contributed by atoms with Crippen molar-refractivity contribution in [2.45, 2.75) is 50.1 Å². The fourth-order valence-corrected chi connectivity index (χ4v) is 4.65. The van der Waals surface area contributed by atoms with Gasteiger partial charge in [-0.25, -0.2) is 18.3 Å². The number of carbonyl (C=O) groups excluding carboxylic acids is 1. The smallest absolute Gasteiger partial charge is 0.264 e. The lowest BCUT2D eigenvalue weighted by Crippen LogP contribution is -2.51. The molecule has 8 nitrogen and oxygen atoms in total. The van der Waals surface area contributed by atoms with Gasteiger partial charge in [-0.1, -0.05) is 41.6 Å². The SMILES string of the molecule is CC(O)Cc1ccc(-c2ccc(C3=NOC(CC(C)(C(=O)NO)S(C)(=O)=O)C3)cc2)c(F)c1. The molecule has 0 bridgehead atoms. The molecule has 1 aliphatic heterocycles. The molecular weight excluding hydrogens is 451 g/mol. The van der Waals surface area contributed by atoms with E-state index in [-0.39, 0.29) is 18.7 Å². The molecule has 2 aromatic carbocycles. The van der Waals surface area contributed by atoms with E-state index in [2.05, 4.69) is 5.16 Å². The van der Waals surface area contributed by atoms with Crippen LogP contribution in [0.15, 0.2) is 47.6 Å². The Morgan fingerprint density at radius 2 is 1.91 bits per heavy atom. The summed E-state index contributed by atoms with van der Waals surface area (Å²) in [6.45, 7) is 2.87. The number of rotatable bonds is 8. The summed E-state index contributed by atoms with van der Waals surface area (Å²) in [5.74, 6) is -1.42. The molecule has 3 unspecified atom stereocenters. The maximum atomic E-state index is 14.6. The van der Waals surface area contributed by atoms with Crippen molar-refractivity contribution < 1.29 is 32.8 Å². The molecule has 3 atom stereocenters. The molecule has 0 saturated heterocycles. The lowest BCUT2D eigenvalue weighted by Gasteiger charge is -2.26. The number of carbonyl (C=O) groups is 1. The van der Waals surface area contributed by atoms with Crippen molar-refractivity contribution in [2.75, 3.05) is 6.26 Å². The summed E-state index contributed by atoms with van der Waals surface area (Å²) in [6, 6.07) is 11.9. The third-order valence-electron chi connectivity index (χ3n) is 5.84. The van der Waals surface area contributed by atoms with Gasteiger partial charge in [-0.05, 0) is 43.0 Å². The van der Waals surface area contributed by atoms with E-state index in [4.69, 9.17) is 10.0 Å². The molecule has 0 aromatic heterocycles. The van der Waals surface area contributed by atoms with Crippen molar-refractivity contribution in [2.24, 2.45) is 5.16 Å². The molecule has 3 rings (SSSR count). The number of hydrogen-bond donors (Lipinski definition) is 3. The average molecular weight is 479 g/mol. The number of amides is 1. The van der Waals surface area contributed by atoms with Crippen LogP contribution in [0, 0.1) is 5.82 Å². The van der Waals surface area contributed by atoms with Gasteiger partial charge >= 0.3 is 0 Å². The molecule has 0 aliphatic carbocycles. The Bertz CT molecular complexity index is 1160. The van der Waals surface area contributed by atoms with Crippen molar-refractivity contribution in [1.82, 2.24) is 5.48 Å². The number of hydroxylamine groups is 1. The zero-order valence-corrected chi connectivity index (χ0v) is 19.4. The van der Waals surface area contributed by atoms with Gasteiger partial charge in [0.05, 0.1) is 11.8 Å². The van der Waals surface area contributed by atoms with Crippen LogP contribution in [0.1, 0.15) is 37.8 Å². The second kappa shape index (κ2) is 9.58. The Balaban J connectivity index is 1.72. The van der Waals surface area contributed by atoms with E-state index in [9.17, 15) is 22.7 Å². The summed E-state index contributed by atoms with van der Waals surface area (Å²) in [6.07, 6.45) is 0.152. The fourth-order valence-electron chi connectivity index (χ4n) is 3.78. The van der Waals surface area contributed by atoms with Crippen molar-refractivity contribution in [1.29, 1.82) is 0 Å². The van der Waals surface area contributed by atoms with E-state index in [0.717, 1.165) is 11.8 Å². The first-order chi connectivity index (χ1) is 15.4. The van der Waals surface area contributed by atoms with E-state index in [1.807, 2.05) is 0 Å². The van der Waals surface area contributed by atoms with Crippen LogP contribution in [0.4, 0.5) is 4.39 Å². The summed E-state index contributed by atoms with van der Waals surface area (Å²) in [4.78, 5) is 17.4. The van der Waals surface area contributed by atoms with E-state index in [1.165, 1.54) is 18.5 Å². The van der Waals surface area contributed by atoms with Gasteiger partial charge in [0.2, 0.25) is 0 Å². The van der Waals surface area contributed by atoms with Crippen LogP contribution in [-0.4, -0.2) is 53.6 Å². The largest absolute Gasteiger partial charge is 0.393 e. The van der Waals surface area contributed by atoms with Gasteiger partial charge in [0.15, 0.2) is 14.6 Å². The zero-order valence-electron chi connectivity index (χ0n) is 18.6. The number of oxime groups is 1. The molecule has 1 aliphatic rings. The number of aliphatic hydroxyl groups excluding tert-OH is 1. The summed E-state index contributed by atoms with van der Waals surface area (Å²) in [7, 11) is -3.85. The first-order valence-electron chi connectivity index (χ1n) is 10.4. The molecule has 1 amide bonds. The molecule has 0 fully saturated rings. The van der Waals surface area contributed by atoms with E-state index < -0.39 is 32.7 Å². The van der Waals surface area contributed by atoms with Crippen LogP contribution in [0.3, 0.4) is 0 Å². The van der Waals surface area contributed by atoms with Crippen LogP contribution in [0.25, 0.3) is 11.1 Å². The molecule has 10 heteroatoms. The number of sulfone groups is 1. The van der Waals surface area contributed by atoms with Gasteiger partial charge in [-0.15, -0.1) is 0 Å². The van der Waals surface area contributed by atoms with Crippen LogP contribution in [0.5, 0.6) is 0 Å². The Labute approximate surface area is 192 Å². The number of aliphatic hydroxyl groups is 1. The number of halogens is 1. The number of benzene rings is 2. The highest BCUT2D eigenvalue weighted by atomic mass is 32.2. The summed E-state index contributed by atoms with van der Waals surface area (Å²) < 4.78 is 37.0. The average Bonchev–Trinajstić information content (AvgIpc) is 3.20. The predicted molar refractivity (Wildman–Crippen MR) is 121 cm³/mol. The van der Waals surface area contributed by atoms with Gasteiger partial charge in [0, 0.05) is 24.7 Å². The highest BCUT2D eigenvalue weighted by Crippen LogP contribution is 2.30. The van der Waals surface area contributed by atoms with E-state index >= 15 is 0 Å². The van der Waals surface area contributed by atoms with Crippen LogP contribution < -0.4 is 5.48 Å². The van der Waals surface area contributed by atoms with Gasteiger partial charge in [-0.3, -0.25) is 10.0 Å². The molecule has 178 valence electrons. The first-order valence-corrected chi connectivity index (χ1v) is 12.3. The summed E-state index contributed by atoms with van der Waals surface area (Å²) in [5, 5.41) is 22.5.